The average molecular weight is 616 g/mol. The highest BCUT2D eigenvalue weighted by atomic mass is 16.5. The van der Waals surface area contributed by atoms with E-state index in [1.807, 2.05) is 0 Å². The van der Waals surface area contributed by atoms with Gasteiger partial charge in [0.1, 0.15) is 24.7 Å². The fourth-order valence-electron chi connectivity index (χ4n) is 3.83. The minimum Gasteiger partial charge on any atom is -0.461 e. The molecule has 0 aromatic heterocycles. The first-order valence-electron chi connectivity index (χ1n) is 13.8. The monoisotopic (exact) mass is 615 g/mol. The molecule has 16 nitrogen and oxygen atoms in total. The van der Waals surface area contributed by atoms with Crippen LogP contribution in [0.2, 0.25) is 0 Å². The van der Waals surface area contributed by atoms with Crippen LogP contribution in [0.5, 0.6) is 0 Å². The van der Waals surface area contributed by atoms with E-state index in [0.717, 1.165) is 17.1 Å². The van der Waals surface area contributed by atoms with Gasteiger partial charge < -0.3 is 37.1 Å². The van der Waals surface area contributed by atoms with Gasteiger partial charge in [0.2, 0.25) is 23.6 Å². The number of rotatable bonds is 16. The molecular weight excluding hydrogens is 578 g/mol. The minimum absolute atomic E-state index is 0.0688. The van der Waals surface area contributed by atoms with Gasteiger partial charge in [-0.15, -0.1) is 0 Å². The molecule has 0 fully saturated rings. The molecule has 16 heteroatoms. The van der Waals surface area contributed by atoms with Gasteiger partial charge in [0.25, 0.3) is 11.8 Å². The van der Waals surface area contributed by atoms with Crippen LogP contribution >= 0.6 is 0 Å². The van der Waals surface area contributed by atoms with E-state index < -0.39 is 65.6 Å². The molecule has 7 N–H and O–H groups in total. The second-order valence-electron chi connectivity index (χ2n) is 9.89. The van der Waals surface area contributed by atoms with Crippen molar-refractivity contribution in [2.45, 2.75) is 64.8 Å². The fraction of sp³-hybridized carbons (Fsp3) is 0.429. The summed E-state index contributed by atoms with van der Waals surface area (Å²) < 4.78 is 4.93. The summed E-state index contributed by atoms with van der Waals surface area (Å²) in [6.45, 7) is 4.15. The van der Waals surface area contributed by atoms with Crippen LogP contribution in [0.1, 0.15) is 45.6 Å². The molecule has 0 saturated heterocycles. The third-order valence-electron chi connectivity index (χ3n) is 6.25. The van der Waals surface area contributed by atoms with E-state index in [1.54, 1.807) is 24.3 Å². The summed E-state index contributed by atoms with van der Waals surface area (Å²) in [6, 6.07) is 2.56. The zero-order valence-electron chi connectivity index (χ0n) is 24.6. The number of imide groups is 1. The molecular formula is C28H37N7O9. The Morgan fingerprint density at radius 3 is 2.05 bits per heavy atom. The Bertz CT molecular complexity index is 1280. The molecule has 0 bridgehead atoms. The molecule has 2 rings (SSSR count). The Morgan fingerprint density at radius 1 is 0.864 bits per heavy atom. The van der Waals surface area contributed by atoms with E-state index in [2.05, 4.69) is 26.6 Å². The lowest BCUT2D eigenvalue weighted by Crippen LogP contribution is -2.54. The smallest absolute Gasteiger partial charge is 0.312 e. The third-order valence-corrected chi connectivity index (χ3v) is 6.25. The van der Waals surface area contributed by atoms with E-state index in [0.29, 0.717) is 11.3 Å². The van der Waals surface area contributed by atoms with Gasteiger partial charge >= 0.3 is 12.0 Å². The molecule has 3 atom stereocenters. The number of hydrogen-bond acceptors (Lipinski definition) is 9. The first-order chi connectivity index (χ1) is 20.8. The fourth-order valence-corrected chi connectivity index (χ4v) is 3.83. The molecule has 44 heavy (non-hydrogen) atoms. The number of anilines is 1. The average Bonchev–Trinajstić information content (AvgIpc) is 3.28. The standard InChI is InChI=1S/C28H37N7O9/c1-16(31-22(37)12-14-35-23(38)10-11-24(35)39)25(40)32-17(2)26(41)34-21(5-4-13-30-28(29)43)27(42)33-20-8-6-19(7-9-20)15-44-18(3)36/h6-11,16-17,21H,4-5,12-15H2,1-3H3,(H,31,37)(H,32,40)(H,33,42)(H,34,41)(H3,29,30,43)/t16-,17+,21+/m1/s1. The van der Waals surface area contributed by atoms with Gasteiger partial charge in [0.05, 0.1) is 0 Å². The lowest BCUT2D eigenvalue weighted by Gasteiger charge is -2.23. The first kappa shape index (κ1) is 34.9. The molecule has 1 heterocycles. The van der Waals surface area contributed by atoms with Crippen LogP contribution in [0.25, 0.3) is 0 Å². The maximum atomic E-state index is 13.1. The Kier molecular flexibility index (Phi) is 13.5. The highest BCUT2D eigenvalue weighted by Crippen LogP contribution is 2.12. The summed E-state index contributed by atoms with van der Waals surface area (Å²) in [6.07, 6.45) is 2.38. The van der Waals surface area contributed by atoms with Gasteiger partial charge in [0.15, 0.2) is 0 Å². The first-order valence-corrected chi connectivity index (χ1v) is 13.8. The Hall–Kier alpha value is -5.28. The quantitative estimate of drug-likeness (QED) is 0.0755. The predicted molar refractivity (Wildman–Crippen MR) is 155 cm³/mol. The van der Waals surface area contributed by atoms with Gasteiger partial charge in [-0.05, 0) is 44.4 Å². The molecule has 1 aromatic rings. The normalized spacial score (nSPS) is 14.2. The van der Waals surface area contributed by atoms with E-state index in [1.165, 1.54) is 20.8 Å². The third kappa shape index (κ3) is 11.9. The van der Waals surface area contributed by atoms with Gasteiger partial charge in [-0.25, -0.2) is 4.79 Å². The topological polar surface area (TPSA) is 235 Å². The van der Waals surface area contributed by atoms with Gasteiger partial charge in [0, 0.05) is 44.3 Å². The van der Waals surface area contributed by atoms with E-state index in [9.17, 15) is 38.4 Å². The molecule has 0 unspecified atom stereocenters. The van der Waals surface area contributed by atoms with Crippen LogP contribution < -0.4 is 32.3 Å². The minimum atomic E-state index is -1.10. The van der Waals surface area contributed by atoms with E-state index in [-0.39, 0.29) is 39.0 Å². The second kappa shape index (κ2) is 17.0. The number of esters is 1. The lowest BCUT2D eigenvalue weighted by atomic mass is 10.1. The summed E-state index contributed by atoms with van der Waals surface area (Å²) in [5.74, 6) is -4.00. The maximum absolute atomic E-state index is 13.1. The number of ether oxygens (including phenoxy) is 1. The summed E-state index contributed by atoms with van der Waals surface area (Å²) in [7, 11) is 0. The van der Waals surface area contributed by atoms with Crippen molar-refractivity contribution in [3.63, 3.8) is 0 Å². The number of benzene rings is 1. The van der Waals surface area contributed by atoms with E-state index >= 15 is 0 Å². The van der Waals surface area contributed by atoms with Crippen molar-refractivity contribution >= 4 is 53.1 Å². The number of nitrogens with zero attached hydrogens (tertiary/aromatic N) is 1. The van der Waals surface area contributed by atoms with Crippen LogP contribution in [-0.4, -0.2) is 83.6 Å². The molecule has 0 spiro atoms. The van der Waals surface area contributed by atoms with Gasteiger partial charge in [-0.3, -0.25) is 38.5 Å². The van der Waals surface area contributed by atoms with Crippen LogP contribution in [0.15, 0.2) is 36.4 Å². The van der Waals surface area contributed by atoms with Gasteiger partial charge in [-0.2, -0.15) is 0 Å². The van der Waals surface area contributed by atoms with Crippen molar-refractivity contribution < 1.29 is 43.1 Å². The molecule has 0 saturated carbocycles. The summed E-state index contributed by atoms with van der Waals surface area (Å²) in [5.41, 5.74) is 6.19. The molecule has 1 aliphatic heterocycles. The largest absolute Gasteiger partial charge is 0.461 e. The number of carbonyl (C=O) groups is 8. The Balaban J connectivity index is 1.92. The van der Waals surface area contributed by atoms with Crippen molar-refractivity contribution in [1.82, 2.24) is 26.2 Å². The number of nitrogens with two attached hydrogens (primary N) is 1. The van der Waals surface area contributed by atoms with Crippen molar-refractivity contribution in [3.8, 4) is 0 Å². The number of primary amides is 1. The van der Waals surface area contributed by atoms with E-state index in [4.69, 9.17) is 10.5 Å². The number of nitrogens with one attached hydrogen (secondary N) is 5. The Morgan fingerprint density at radius 2 is 1.45 bits per heavy atom. The highest BCUT2D eigenvalue weighted by molar-refractivity contribution is 6.13. The van der Waals surface area contributed by atoms with Crippen LogP contribution in [0.3, 0.4) is 0 Å². The van der Waals surface area contributed by atoms with Gasteiger partial charge in [-0.1, -0.05) is 12.1 Å². The SMILES string of the molecule is CC(=O)OCc1ccc(NC(=O)[C@H](CCCNC(N)=O)NC(=O)[C@H](C)NC(=O)[C@@H](C)NC(=O)CCN2C(=O)C=CC2=O)cc1. The van der Waals surface area contributed by atoms with Crippen LogP contribution in [0.4, 0.5) is 10.5 Å². The van der Waals surface area contributed by atoms with Crippen LogP contribution in [-0.2, 0) is 44.9 Å². The zero-order valence-corrected chi connectivity index (χ0v) is 24.6. The van der Waals surface area contributed by atoms with Crippen molar-refractivity contribution in [1.29, 1.82) is 0 Å². The molecule has 238 valence electrons. The van der Waals surface area contributed by atoms with Crippen molar-refractivity contribution in [2.24, 2.45) is 5.73 Å². The number of urea groups is 1. The van der Waals surface area contributed by atoms with Crippen molar-refractivity contribution in [3.05, 3.63) is 42.0 Å². The predicted octanol–water partition coefficient (Wildman–Crippen LogP) is -1.05. The summed E-state index contributed by atoms with van der Waals surface area (Å²) in [5, 5.41) is 12.6. The highest BCUT2D eigenvalue weighted by Gasteiger charge is 2.27. The molecule has 8 amide bonds. The Labute approximate surface area is 253 Å². The summed E-state index contributed by atoms with van der Waals surface area (Å²) >= 11 is 0. The number of hydrogen-bond donors (Lipinski definition) is 6. The number of carbonyl (C=O) groups excluding carboxylic acids is 8. The van der Waals surface area contributed by atoms with Crippen LogP contribution in [0, 0.1) is 0 Å². The molecule has 1 aromatic carbocycles. The molecule has 0 radical (unpaired) electrons. The summed E-state index contributed by atoms with van der Waals surface area (Å²) in [4.78, 5) is 96.9. The lowest BCUT2D eigenvalue weighted by molar-refractivity contribution is -0.142. The number of amides is 8. The maximum Gasteiger partial charge on any atom is 0.312 e. The van der Waals surface area contributed by atoms with Crippen molar-refractivity contribution in [2.75, 3.05) is 18.4 Å². The molecule has 1 aliphatic rings. The second-order valence-corrected chi connectivity index (χ2v) is 9.89. The zero-order chi connectivity index (χ0) is 32.8. The molecule has 0 aliphatic carbocycles.